The zero-order valence-corrected chi connectivity index (χ0v) is 9.34. The number of nitrogens with one attached hydrogen (secondary N) is 2. The molecule has 2 N–H and O–H groups in total. The van der Waals surface area contributed by atoms with Crippen LogP contribution in [0.5, 0.6) is 0 Å². The number of aromatic nitrogens is 2. The standard InChI is InChI=1S/C12H19N3/c1-9-4-2-3-6-12(9)11-10(5-7-15-12)13-8-14-11/h8-9,15H,2-7H2,1H3,(H,13,14). The van der Waals surface area contributed by atoms with Crippen molar-refractivity contribution < 1.29 is 0 Å². The van der Waals surface area contributed by atoms with Crippen LogP contribution < -0.4 is 5.32 Å². The first kappa shape index (κ1) is 9.40. The molecule has 82 valence electrons. The van der Waals surface area contributed by atoms with Crippen LogP contribution in [0.3, 0.4) is 0 Å². The van der Waals surface area contributed by atoms with Gasteiger partial charge in [0.1, 0.15) is 0 Å². The molecule has 15 heavy (non-hydrogen) atoms. The normalized spacial score (nSPS) is 35.4. The van der Waals surface area contributed by atoms with E-state index < -0.39 is 0 Å². The summed E-state index contributed by atoms with van der Waals surface area (Å²) in [4.78, 5) is 7.86. The van der Waals surface area contributed by atoms with Gasteiger partial charge in [0.15, 0.2) is 0 Å². The van der Waals surface area contributed by atoms with Gasteiger partial charge >= 0.3 is 0 Å². The fraction of sp³-hybridized carbons (Fsp3) is 0.750. The van der Waals surface area contributed by atoms with Gasteiger partial charge in [-0.25, -0.2) is 4.98 Å². The molecule has 3 rings (SSSR count). The average Bonchev–Trinajstić information content (AvgIpc) is 2.72. The van der Waals surface area contributed by atoms with E-state index in [1.807, 2.05) is 6.33 Å². The first-order valence-corrected chi connectivity index (χ1v) is 6.11. The summed E-state index contributed by atoms with van der Waals surface area (Å²) < 4.78 is 0. The molecule has 0 aromatic carbocycles. The van der Waals surface area contributed by atoms with E-state index in [1.54, 1.807) is 0 Å². The van der Waals surface area contributed by atoms with Gasteiger partial charge in [-0.15, -0.1) is 0 Å². The smallest absolute Gasteiger partial charge is 0.0926 e. The lowest BCUT2D eigenvalue weighted by atomic mass is 9.70. The number of rotatable bonds is 0. The molecule has 1 spiro atoms. The van der Waals surface area contributed by atoms with E-state index in [4.69, 9.17) is 0 Å². The van der Waals surface area contributed by atoms with Gasteiger partial charge in [-0.1, -0.05) is 19.8 Å². The minimum atomic E-state index is 0.186. The summed E-state index contributed by atoms with van der Waals surface area (Å²) in [5, 5.41) is 3.74. The predicted molar refractivity (Wildman–Crippen MR) is 59.6 cm³/mol. The molecule has 0 bridgehead atoms. The number of nitrogens with zero attached hydrogens (tertiary/aromatic N) is 1. The Labute approximate surface area is 90.7 Å². The van der Waals surface area contributed by atoms with Crippen molar-refractivity contribution >= 4 is 0 Å². The summed E-state index contributed by atoms with van der Waals surface area (Å²) in [5.41, 5.74) is 2.86. The van der Waals surface area contributed by atoms with Gasteiger partial charge in [-0.05, 0) is 18.8 Å². The molecule has 1 aromatic heterocycles. The third-order valence-electron chi connectivity index (χ3n) is 4.26. The molecule has 0 amide bonds. The number of aromatic amines is 1. The number of imidazole rings is 1. The van der Waals surface area contributed by atoms with Gasteiger partial charge in [0, 0.05) is 18.7 Å². The van der Waals surface area contributed by atoms with E-state index in [9.17, 15) is 0 Å². The molecule has 1 aliphatic carbocycles. The van der Waals surface area contributed by atoms with Crippen molar-refractivity contribution in [3.8, 4) is 0 Å². The molecule has 3 heteroatoms. The maximum Gasteiger partial charge on any atom is 0.0926 e. The third-order valence-corrected chi connectivity index (χ3v) is 4.26. The molecule has 2 unspecified atom stereocenters. The maximum atomic E-state index is 4.57. The van der Waals surface area contributed by atoms with E-state index in [-0.39, 0.29) is 5.54 Å². The zero-order chi connectivity index (χ0) is 10.3. The van der Waals surface area contributed by atoms with Crippen LogP contribution in [-0.2, 0) is 12.0 Å². The molecule has 2 heterocycles. The molecule has 3 nitrogen and oxygen atoms in total. The molecule has 1 aromatic rings. The van der Waals surface area contributed by atoms with E-state index in [0.29, 0.717) is 5.92 Å². The highest BCUT2D eigenvalue weighted by Crippen LogP contribution is 2.43. The van der Waals surface area contributed by atoms with Crippen LogP contribution in [0.25, 0.3) is 0 Å². The van der Waals surface area contributed by atoms with Crippen molar-refractivity contribution in [2.24, 2.45) is 5.92 Å². The highest BCUT2D eigenvalue weighted by molar-refractivity contribution is 5.26. The Balaban J connectivity index is 2.05. The van der Waals surface area contributed by atoms with Gasteiger partial charge in [-0.2, -0.15) is 0 Å². The van der Waals surface area contributed by atoms with Crippen molar-refractivity contribution in [3.63, 3.8) is 0 Å². The van der Waals surface area contributed by atoms with Crippen molar-refractivity contribution in [1.29, 1.82) is 0 Å². The quantitative estimate of drug-likeness (QED) is 0.679. The van der Waals surface area contributed by atoms with Crippen molar-refractivity contribution in [2.75, 3.05) is 6.54 Å². The molecular weight excluding hydrogens is 186 g/mol. The highest BCUT2D eigenvalue weighted by Gasteiger charge is 2.44. The number of hydrogen-bond donors (Lipinski definition) is 2. The van der Waals surface area contributed by atoms with E-state index in [0.717, 1.165) is 13.0 Å². The van der Waals surface area contributed by atoms with E-state index >= 15 is 0 Å². The average molecular weight is 205 g/mol. The second kappa shape index (κ2) is 3.34. The van der Waals surface area contributed by atoms with Gasteiger partial charge in [0.05, 0.1) is 17.6 Å². The van der Waals surface area contributed by atoms with Gasteiger partial charge in [0.25, 0.3) is 0 Å². The number of hydrogen-bond acceptors (Lipinski definition) is 2. The monoisotopic (exact) mass is 205 g/mol. The fourth-order valence-electron chi connectivity index (χ4n) is 3.35. The molecule has 0 radical (unpaired) electrons. The summed E-state index contributed by atoms with van der Waals surface area (Å²) >= 11 is 0. The van der Waals surface area contributed by atoms with Gasteiger partial charge in [0.2, 0.25) is 0 Å². The lowest BCUT2D eigenvalue weighted by Crippen LogP contribution is -2.53. The molecule has 2 atom stereocenters. The molecule has 1 fully saturated rings. The van der Waals surface area contributed by atoms with Crippen LogP contribution in [0.2, 0.25) is 0 Å². The minimum Gasteiger partial charge on any atom is -0.348 e. The first-order chi connectivity index (χ1) is 7.33. The van der Waals surface area contributed by atoms with Crippen LogP contribution in [0, 0.1) is 5.92 Å². The summed E-state index contributed by atoms with van der Waals surface area (Å²) in [7, 11) is 0. The second-order valence-corrected chi connectivity index (χ2v) is 5.02. The predicted octanol–water partition coefficient (Wildman–Crippen LogP) is 1.96. The molecular formula is C12H19N3. The lowest BCUT2D eigenvalue weighted by Gasteiger charge is -2.45. The Morgan fingerprint density at radius 3 is 3.27 bits per heavy atom. The Morgan fingerprint density at radius 1 is 1.47 bits per heavy atom. The Kier molecular flexibility index (Phi) is 2.09. The van der Waals surface area contributed by atoms with Gasteiger partial charge < -0.3 is 10.3 Å². The van der Waals surface area contributed by atoms with E-state index in [1.165, 1.54) is 37.1 Å². The summed E-state index contributed by atoms with van der Waals surface area (Å²) in [6, 6.07) is 0. The minimum absolute atomic E-state index is 0.186. The van der Waals surface area contributed by atoms with Crippen LogP contribution in [0.15, 0.2) is 6.33 Å². The number of fused-ring (bicyclic) bond motifs is 2. The topological polar surface area (TPSA) is 40.7 Å². The van der Waals surface area contributed by atoms with Crippen molar-refractivity contribution in [3.05, 3.63) is 17.7 Å². The maximum absolute atomic E-state index is 4.57. The summed E-state index contributed by atoms with van der Waals surface area (Å²) in [6.07, 6.45) is 8.27. The molecule has 2 aliphatic rings. The Bertz CT molecular complexity index is 358. The van der Waals surface area contributed by atoms with E-state index in [2.05, 4.69) is 22.2 Å². The largest absolute Gasteiger partial charge is 0.348 e. The van der Waals surface area contributed by atoms with Crippen molar-refractivity contribution in [1.82, 2.24) is 15.3 Å². The third kappa shape index (κ3) is 1.26. The van der Waals surface area contributed by atoms with Crippen LogP contribution in [0.4, 0.5) is 0 Å². The Morgan fingerprint density at radius 2 is 2.40 bits per heavy atom. The zero-order valence-electron chi connectivity index (χ0n) is 9.34. The van der Waals surface area contributed by atoms with Crippen LogP contribution >= 0.6 is 0 Å². The summed E-state index contributed by atoms with van der Waals surface area (Å²) in [6.45, 7) is 3.47. The van der Waals surface area contributed by atoms with Crippen LogP contribution in [0.1, 0.15) is 44.0 Å². The molecule has 0 saturated heterocycles. The second-order valence-electron chi connectivity index (χ2n) is 5.02. The van der Waals surface area contributed by atoms with Crippen LogP contribution in [-0.4, -0.2) is 16.5 Å². The summed E-state index contributed by atoms with van der Waals surface area (Å²) in [5.74, 6) is 0.716. The fourth-order valence-corrected chi connectivity index (χ4v) is 3.35. The lowest BCUT2D eigenvalue weighted by molar-refractivity contribution is 0.141. The molecule has 1 aliphatic heterocycles. The SMILES string of the molecule is CC1CCCCC12NCCc1[nH]cnc12. The molecule has 1 saturated carbocycles. The Hall–Kier alpha value is -0.830. The first-order valence-electron chi connectivity index (χ1n) is 6.11. The van der Waals surface area contributed by atoms with Crippen molar-refractivity contribution in [2.45, 2.75) is 44.6 Å². The number of H-pyrrole nitrogens is 1. The van der Waals surface area contributed by atoms with Gasteiger partial charge in [-0.3, -0.25) is 0 Å². The highest BCUT2D eigenvalue weighted by atomic mass is 15.1.